The molecule has 0 bridgehead atoms. The van der Waals surface area contributed by atoms with Gasteiger partial charge in [-0.25, -0.2) is 8.42 Å². The van der Waals surface area contributed by atoms with Crippen molar-refractivity contribution < 1.29 is 22.7 Å². The van der Waals surface area contributed by atoms with Crippen molar-refractivity contribution in [1.29, 1.82) is 0 Å². The molecule has 8 heteroatoms. The number of likely N-dealkylation sites (N-methyl/N-ethyl adjacent to an activating group) is 1. The first kappa shape index (κ1) is 21.2. The van der Waals surface area contributed by atoms with Gasteiger partial charge >= 0.3 is 5.97 Å². The van der Waals surface area contributed by atoms with Gasteiger partial charge in [0.25, 0.3) is 5.91 Å². The van der Waals surface area contributed by atoms with Crippen LogP contribution in [0.15, 0.2) is 23.1 Å². The third kappa shape index (κ3) is 5.08. The minimum atomic E-state index is -3.08. The predicted molar refractivity (Wildman–Crippen MR) is 109 cm³/mol. The second kappa shape index (κ2) is 8.86. The van der Waals surface area contributed by atoms with Gasteiger partial charge in [0.05, 0.1) is 17.3 Å². The second-order valence-electron chi connectivity index (χ2n) is 7.39. The summed E-state index contributed by atoms with van der Waals surface area (Å²) in [5.74, 6) is -0.545. The molecule has 6 nitrogen and oxygen atoms in total. The standard InChI is InChI=1S/C20H27NO5S2/c1-3-21(17-9-10-28(24,25)13-17)20(23)14(2)26-19(22)12-27-18-8-7-15-5-4-6-16(15)11-18/h7-8,11,14,17H,3-6,9-10,12-13H2,1-2H3/t14-,17-/m0/s1. The summed E-state index contributed by atoms with van der Waals surface area (Å²) in [7, 11) is -3.08. The molecule has 0 unspecified atom stereocenters. The van der Waals surface area contributed by atoms with Gasteiger partial charge in [-0.05, 0) is 62.8 Å². The lowest BCUT2D eigenvalue weighted by Gasteiger charge is -2.29. The van der Waals surface area contributed by atoms with Crippen LogP contribution in [0, 0.1) is 0 Å². The highest BCUT2D eigenvalue weighted by molar-refractivity contribution is 8.00. The number of hydrogen-bond acceptors (Lipinski definition) is 6. The summed E-state index contributed by atoms with van der Waals surface area (Å²) in [6.07, 6.45) is 2.91. The molecule has 28 heavy (non-hydrogen) atoms. The number of nitrogens with zero attached hydrogens (tertiary/aromatic N) is 1. The molecular formula is C20H27NO5S2. The van der Waals surface area contributed by atoms with E-state index in [4.69, 9.17) is 4.74 Å². The first-order valence-corrected chi connectivity index (χ1v) is 12.5. The lowest BCUT2D eigenvalue weighted by Crippen LogP contribution is -2.46. The lowest BCUT2D eigenvalue weighted by molar-refractivity contribution is -0.157. The van der Waals surface area contributed by atoms with Crippen molar-refractivity contribution in [3.8, 4) is 0 Å². The number of benzene rings is 1. The smallest absolute Gasteiger partial charge is 0.317 e. The summed E-state index contributed by atoms with van der Waals surface area (Å²) in [5.41, 5.74) is 2.74. The summed E-state index contributed by atoms with van der Waals surface area (Å²) >= 11 is 1.41. The van der Waals surface area contributed by atoms with Crippen LogP contribution in [0.3, 0.4) is 0 Å². The van der Waals surface area contributed by atoms with Gasteiger partial charge in [0.1, 0.15) is 0 Å². The average molecular weight is 426 g/mol. The van der Waals surface area contributed by atoms with Crippen LogP contribution in [0.4, 0.5) is 0 Å². The van der Waals surface area contributed by atoms with E-state index in [-0.39, 0.29) is 29.2 Å². The normalized spacial score (nSPS) is 21.1. The van der Waals surface area contributed by atoms with Crippen molar-refractivity contribution in [2.45, 2.75) is 56.6 Å². The zero-order valence-electron chi connectivity index (χ0n) is 16.3. The molecular weight excluding hydrogens is 398 g/mol. The van der Waals surface area contributed by atoms with Crippen LogP contribution in [0.2, 0.25) is 0 Å². The number of sulfone groups is 1. The van der Waals surface area contributed by atoms with Crippen LogP contribution in [-0.4, -0.2) is 61.1 Å². The van der Waals surface area contributed by atoms with Crippen LogP contribution in [-0.2, 0) is 37.0 Å². The van der Waals surface area contributed by atoms with Crippen molar-refractivity contribution >= 4 is 33.5 Å². The third-order valence-corrected chi connectivity index (χ3v) is 8.07. The van der Waals surface area contributed by atoms with Crippen LogP contribution in [0.1, 0.15) is 37.8 Å². The summed E-state index contributed by atoms with van der Waals surface area (Å²) in [5, 5.41) is 0. The number of ether oxygens (including phenoxy) is 1. The number of aryl methyl sites for hydroxylation is 2. The number of hydrogen-bond donors (Lipinski definition) is 0. The molecule has 2 aliphatic rings. The largest absolute Gasteiger partial charge is 0.452 e. The minimum absolute atomic E-state index is 0.0125. The Labute approximate surface area is 170 Å². The molecule has 1 aliphatic heterocycles. The molecule has 2 atom stereocenters. The molecule has 1 aromatic carbocycles. The lowest BCUT2D eigenvalue weighted by atomic mass is 10.1. The summed E-state index contributed by atoms with van der Waals surface area (Å²) in [4.78, 5) is 27.4. The first-order valence-electron chi connectivity index (χ1n) is 9.74. The summed E-state index contributed by atoms with van der Waals surface area (Å²) in [6.45, 7) is 3.75. The maximum atomic E-state index is 12.7. The van der Waals surface area contributed by atoms with Crippen molar-refractivity contribution in [1.82, 2.24) is 4.90 Å². The van der Waals surface area contributed by atoms with Crippen molar-refractivity contribution in [3.63, 3.8) is 0 Å². The van der Waals surface area contributed by atoms with E-state index in [1.54, 1.807) is 13.8 Å². The fourth-order valence-electron chi connectivity index (χ4n) is 3.91. The molecule has 154 valence electrons. The predicted octanol–water partition coefficient (Wildman–Crippen LogP) is 2.23. The molecule has 1 saturated heterocycles. The van der Waals surface area contributed by atoms with Crippen molar-refractivity contribution in [2.75, 3.05) is 23.8 Å². The topological polar surface area (TPSA) is 80.8 Å². The Balaban J connectivity index is 1.50. The van der Waals surface area contributed by atoms with Crippen molar-refractivity contribution in [2.24, 2.45) is 0 Å². The molecule has 1 aliphatic carbocycles. The quantitative estimate of drug-likeness (QED) is 0.492. The molecule has 1 amide bonds. The van der Waals surface area contributed by atoms with E-state index in [0.29, 0.717) is 13.0 Å². The minimum Gasteiger partial charge on any atom is -0.452 e. The summed E-state index contributed by atoms with van der Waals surface area (Å²) in [6, 6.07) is 5.95. The fourth-order valence-corrected chi connectivity index (χ4v) is 6.38. The molecule has 1 heterocycles. The molecule has 0 N–H and O–H groups in total. The maximum Gasteiger partial charge on any atom is 0.317 e. The van der Waals surface area contributed by atoms with E-state index in [9.17, 15) is 18.0 Å². The highest BCUT2D eigenvalue weighted by atomic mass is 32.2. The number of carbonyl (C=O) groups is 2. The molecule has 0 saturated carbocycles. The Hall–Kier alpha value is -1.54. The Bertz CT molecular complexity index is 852. The van der Waals surface area contributed by atoms with Gasteiger partial charge in [-0.15, -0.1) is 11.8 Å². The Morgan fingerprint density at radius 3 is 2.71 bits per heavy atom. The fraction of sp³-hybridized carbons (Fsp3) is 0.600. The molecule has 0 aromatic heterocycles. The molecule has 0 radical (unpaired) electrons. The van der Waals surface area contributed by atoms with Gasteiger partial charge in [0, 0.05) is 17.5 Å². The Morgan fingerprint density at radius 2 is 2.04 bits per heavy atom. The van der Waals surface area contributed by atoms with Gasteiger partial charge in [-0.1, -0.05) is 6.07 Å². The monoisotopic (exact) mass is 425 g/mol. The summed E-state index contributed by atoms with van der Waals surface area (Å²) < 4.78 is 28.7. The van der Waals surface area contributed by atoms with E-state index in [1.807, 2.05) is 6.07 Å². The number of rotatable bonds is 7. The van der Waals surface area contributed by atoms with E-state index in [0.717, 1.165) is 17.7 Å². The molecule has 0 spiro atoms. The number of carbonyl (C=O) groups excluding carboxylic acids is 2. The number of fused-ring (bicyclic) bond motifs is 1. The molecule has 1 aromatic rings. The number of amides is 1. The second-order valence-corrected chi connectivity index (χ2v) is 10.7. The average Bonchev–Trinajstić information content (AvgIpc) is 3.26. The molecule has 1 fully saturated rings. The van der Waals surface area contributed by atoms with E-state index in [2.05, 4.69) is 12.1 Å². The molecule has 3 rings (SSSR count). The Morgan fingerprint density at radius 1 is 1.29 bits per heavy atom. The number of thioether (sulfide) groups is 1. The van der Waals surface area contributed by atoms with Gasteiger partial charge in [0.15, 0.2) is 15.9 Å². The number of esters is 1. The van der Waals surface area contributed by atoms with Crippen molar-refractivity contribution in [3.05, 3.63) is 29.3 Å². The van der Waals surface area contributed by atoms with Crippen LogP contribution in [0.5, 0.6) is 0 Å². The van der Waals surface area contributed by atoms with E-state index in [1.165, 1.54) is 34.2 Å². The van der Waals surface area contributed by atoms with E-state index >= 15 is 0 Å². The zero-order chi connectivity index (χ0) is 20.3. The van der Waals surface area contributed by atoms with Crippen LogP contribution in [0.25, 0.3) is 0 Å². The van der Waals surface area contributed by atoms with Crippen LogP contribution < -0.4 is 0 Å². The van der Waals surface area contributed by atoms with Gasteiger partial charge < -0.3 is 9.64 Å². The van der Waals surface area contributed by atoms with Gasteiger partial charge in [0.2, 0.25) is 0 Å². The third-order valence-electron chi connectivity index (χ3n) is 5.36. The Kier molecular flexibility index (Phi) is 6.70. The highest BCUT2D eigenvalue weighted by Crippen LogP contribution is 2.27. The first-order chi connectivity index (χ1) is 13.3. The van der Waals surface area contributed by atoms with Gasteiger partial charge in [-0.3, -0.25) is 9.59 Å². The zero-order valence-corrected chi connectivity index (χ0v) is 18.0. The maximum absolute atomic E-state index is 12.7. The van der Waals surface area contributed by atoms with Gasteiger partial charge in [-0.2, -0.15) is 0 Å². The van der Waals surface area contributed by atoms with Crippen LogP contribution >= 0.6 is 11.8 Å². The highest BCUT2D eigenvalue weighted by Gasteiger charge is 2.36. The SMILES string of the molecule is CCN(C(=O)[C@H](C)OC(=O)CSc1ccc2c(c1)CCC2)[C@H]1CCS(=O)(=O)C1. The van der Waals surface area contributed by atoms with E-state index < -0.39 is 21.9 Å².